The van der Waals surface area contributed by atoms with Crippen LogP contribution in [0.4, 0.5) is 0 Å². The minimum Gasteiger partial charge on any atom is -0.379 e. The lowest BCUT2D eigenvalue weighted by molar-refractivity contribution is 0.0161. The maximum absolute atomic E-state index is 5.55. The normalized spacial score (nSPS) is 16.2. The van der Waals surface area contributed by atoms with E-state index >= 15 is 0 Å². The van der Waals surface area contributed by atoms with Crippen LogP contribution in [0.2, 0.25) is 0 Å². The Morgan fingerprint density at radius 1 is 1.07 bits per heavy atom. The number of benzene rings is 2. The first kappa shape index (κ1) is 18.9. The number of ether oxygens (including phenoxy) is 1. The van der Waals surface area contributed by atoms with Crippen molar-refractivity contribution in [2.45, 2.75) is 19.5 Å². The van der Waals surface area contributed by atoms with E-state index in [0.717, 1.165) is 45.1 Å². The first-order valence-electron chi connectivity index (χ1n) is 9.98. The molecule has 28 heavy (non-hydrogen) atoms. The van der Waals surface area contributed by atoms with Crippen LogP contribution >= 0.6 is 0 Å². The summed E-state index contributed by atoms with van der Waals surface area (Å²) >= 11 is 0. The molecule has 146 valence electrons. The Hall–Kier alpha value is -2.47. The van der Waals surface area contributed by atoms with E-state index in [2.05, 4.69) is 81.9 Å². The van der Waals surface area contributed by atoms with Gasteiger partial charge in [0.15, 0.2) is 0 Å². The second kappa shape index (κ2) is 9.15. The summed E-state index contributed by atoms with van der Waals surface area (Å²) in [7, 11) is 0. The standard InChI is InChI=1S/C23H28N4O/c1-18-7-9-20(10-8-18)23-21(16-25-26-23)15-24-17-22(19-5-3-2-4-6-19)27-11-13-28-14-12-27/h2-10,16,22,24H,11-15,17H2,1H3,(H,25,26). The number of morpholine rings is 1. The van der Waals surface area contributed by atoms with Crippen LogP contribution in [0.1, 0.15) is 22.7 Å². The summed E-state index contributed by atoms with van der Waals surface area (Å²) in [5.74, 6) is 0. The third kappa shape index (κ3) is 4.50. The number of hydrogen-bond donors (Lipinski definition) is 2. The molecule has 0 spiro atoms. The van der Waals surface area contributed by atoms with Gasteiger partial charge in [-0.2, -0.15) is 5.10 Å². The van der Waals surface area contributed by atoms with Crippen LogP contribution in [0.15, 0.2) is 60.8 Å². The topological polar surface area (TPSA) is 53.2 Å². The van der Waals surface area contributed by atoms with Crippen molar-refractivity contribution in [1.29, 1.82) is 0 Å². The minimum atomic E-state index is 0.347. The molecule has 2 heterocycles. The van der Waals surface area contributed by atoms with Crippen LogP contribution in [0, 0.1) is 6.92 Å². The molecule has 1 saturated heterocycles. The third-order valence-electron chi connectivity index (χ3n) is 5.38. The summed E-state index contributed by atoms with van der Waals surface area (Å²) in [5, 5.41) is 11.1. The first-order chi connectivity index (χ1) is 13.8. The SMILES string of the molecule is Cc1ccc(-c2[nH]ncc2CNCC(c2ccccc2)N2CCOCC2)cc1. The second-order valence-electron chi connectivity index (χ2n) is 7.34. The van der Waals surface area contributed by atoms with Crippen molar-refractivity contribution < 1.29 is 4.74 Å². The van der Waals surface area contributed by atoms with Gasteiger partial charge in [0, 0.05) is 37.8 Å². The summed E-state index contributed by atoms with van der Waals surface area (Å²) < 4.78 is 5.55. The Bertz CT molecular complexity index is 854. The maximum atomic E-state index is 5.55. The van der Waals surface area contributed by atoms with Gasteiger partial charge in [-0.15, -0.1) is 0 Å². The molecule has 2 aromatic carbocycles. The van der Waals surface area contributed by atoms with Gasteiger partial charge in [0.05, 0.1) is 25.1 Å². The molecule has 1 atom stereocenters. The lowest BCUT2D eigenvalue weighted by atomic mass is 10.0. The highest BCUT2D eigenvalue weighted by Crippen LogP contribution is 2.23. The van der Waals surface area contributed by atoms with Crippen molar-refractivity contribution in [2.24, 2.45) is 0 Å². The number of aryl methyl sites for hydroxylation is 1. The fourth-order valence-corrected chi connectivity index (χ4v) is 3.78. The van der Waals surface area contributed by atoms with Gasteiger partial charge in [0.1, 0.15) is 0 Å². The number of nitrogens with one attached hydrogen (secondary N) is 2. The van der Waals surface area contributed by atoms with Crippen LogP contribution in [0.25, 0.3) is 11.3 Å². The molecule has 1 fully saturated rings. The smallest absolute Gasteiger partial charge is 0.0695 e. The summed E-state index contributed by atoms with van der Waals surface area (Å²) in [6, 6.07) is 19.7. The number of H-pyrrole nitrogens is 1. The van der Waals surface area contributed by atoms with E-state index in [1.165, 1.54) is 22.3 Å². The number of rotatable bonds is 7. The van der Waals surface area contributed by atoms with Crippen molar-refractivity contribution >= 4 is 0 Å². The molecule has 0 amide bonds. The van der Waals surface area contributed by atoms with Gasteiger partial charge in [0.25, 0.3) is 0 Å². The molecule has 0 saturated carbocycles. The lowest BCUT2D eigenvalue weighted by Gasteiger charge is -2.35. The molecule has 4 rings (SSSR count). The zero-order chi connectivity index (χ0) is 19.2. The Morgan fingerprint density at radius 2 is 1.82 bits per heavy atom. The van der Waals surface area contributed by atoms with E-state index in [1.807, 2.05) is 6.20 Å². The van der Waals surface area contributed by atoms with Gasteiger partial charge >= 0.3 is 0 Å². The summed E-state index contributed by atoms with van der Waals surface area (Å²) in [6.45, 7) is 7.35. The highest BCUT2D eigenvalue weighted by atomic mass is 16.5. The molecule has 3 aromatic rings. The Morgan fingerprint density at radius 3 is 2.57 bits per heavy atom. The molecule has 2 N–H and O–H groups in total. The molecule has 0 bridgehead atoms. The number of hydrogen-bond acceptors (Lipinski definition) is 4. The quantitative estimate of drug-likeness (QED) is 0.662. The molecule has 0 aliphatic carbocycles. The molecule has 0 radical (unpaired) electrons. The van der Waals surface area contributed by atoms with Gasteiger partial charge in [-0.3, -0.25) is 10.00 Å². The van der Waals surface area contributed by atoms with E-state index in [1.54, 1.807) is 0 Å². The highest BCUT2D eigenvalue weighted by Gasteiger charge is 2.22. The number of aromatic nitrogens is 2. The van der Waals surface area contributed by atoms with Crippen molar-refractivity contribution in [3.8, 4) is 11.3 Å². The average Bonchev–Trinajstić information content (AvgIpc) is 3.21. The van der Waals surface area contributed by atoms with Crippen LogP contribution in [0.5, 0.6) is 0 Å². The summed E-state index contributed by atoms with van der Waals surface area (Å²) in [6.07, 6.45) is 1.93. The van der Waals surface area contributed by atoms with E-state index in [0.29, 0.717) is 6.04 Å². The molecule has 5 nitrogen and oxygen atoms in total. The lowest BCUT2D eigenvalue weighted by Crippen LogP contribution is -2.42. The van der Waals surface area contributed by atoms with E-state index in [9.17, 15) is 0 Å². The summed E-state index contributed by atoms with van der Waals surface area (Å²) in [5.41, 5.74) is 6.07. The van der Waals surface area contributed by atoms with Gasteiger partial charge in [-0.05, 0) is 18.1 Å². The molecular formula is C23H28N4O. The van der Waals surface area contributed by atoms with E-state index in [4.69, 9.17) is 4.74 Å². The average molecular weight is 377 g/mol. The Balaban J connectivity index is 1.44. The zero-order valence-corrected chi connectivity index (χ0v) is 16.4. The molecule has 1 aliphatic rings. The van der Waals surface area contributed by atoms with E-state index in [-0.39, 0.29) is 0 Å². The fourth-order valence-electron chi connectivity index (χ4n) is 3.78. The van der Waals surface area contributed by atoms with Crippen molar-refractivity contribution in [3.63, 3.8) is 0 Å². The predicted molar refractivity (Wildman–Crippen MR) is 112 cm³/mol. The molecular weight excluding hydrogens is 348 g/mol. The van der Waals surface area contributed by atoms with Crippen LogP contribution in [-0.4, -0.2) is 47.9 Å². The molecule has 1 aliphatic heterocycles. The second-order valence-corrected chi connectivity index (χ2v) is 7.34. The number of aromatic amines is 1. The molecule has 5 heteroatoms. The van der Waals surface area contributed by atoms with Gasteiger partial charge in [0.2, 0.25) is 0 Å². The minimum absolute atomic E-state index is 0.347. The monoisotopic (exact) mass is 376 g/mol. The maximum Gasteiger partial charge on any atom is 0.0695 e. The van der Waals surface area contributed by atoms with Crippen LogP contribution in [0.3, 0.4) is 0 Å². The van der Waals surface area contributed by atoms with Crippen LogP contribution in [-0.2, 0) is 11.3 Å². The van der Waals surface area contributed by atoms with Gasteiger partial charge < -0.3 is 10.1 Å². The molecule has 1 aromatic heterocycles. The zero-order valence-electron chi connectivity index (χ0n) is 16.4. The summed E-state index contributed by atoms with van der Waals surface area (Å²) in [4.78, 5) is 2.52. The van der Waals surface area contributed by atoms with Gasteiger partial charge in [-0.1, -0.05) is 60.2 Å². The van der Waals surface area contributed by atoms with Crippen LogP contribution < -0.4 is 5.32 Å². The van der Waals surface area contributed by atoms with E-state index < -0.39 is 0 Å². The van der Waals surface area contributed by atoms with Crippen molar-refractivity contribution in [3.05, 3.63) is 77.5 Å². The third-order valence-corrected chi connectivity index (χ3v) is 5.38. The van der Waals surface area contributed by atoms with Gasteiger partial charge in [-0.25, -0.2) is 0 Å². The fraction of sp³-hybridized carbons (Fsp3) is 0.348. The Kier molecular flexibility index (Phi) is 6.17. The molecule has 1 unspecified atom stereocenters. The number of nitrogens with zero attached hydrogens (tertiary/aromatic N) is 2. The predicted octanol–water partition coefficient (Wildman–Crippen LogP) is 3.55. The first-order valence-corrected chi connectivity index (χ1v) is 9.98. The van der Waals surface area contributed by atoms with Crippen molar-refractivity contribution in [2.75, 3.05) is 32.8 Å². The largest absolute Gasteiger partial charge is 0.379 e. The van der Waals surface area contributed by atoms with Crippen molar-refractivity contribution in [1.82, 2.24) is 20.4 Å². The highest BCUT2D eigenvalue weighted by molar-refractivity contribution is 5.62. The Labute approximate surface area is 166 Å².